The van der Waals surface area contributed by atoms with Gasteiger partial charge in [-0.3, -0.25) is 0 Å². The SMILES string of the molecule is [CH2]CC(CCCCC)OCC1CO1. The second-order valence-electron chi connectivity index (χ2n) is 3.70. The highest BCUT2D eigenvalue weighted by atomic mass is 16.6. The molecule has 1 heterocycles. The highest BCUT2D eigenvalue weighted by molar-refractivity contribution is 4.69. The first-order chi connectivity index (χ1) is 6.36. The van der Waals surface area contributed by atoms with Crippen molar-refractivity contribution < 1.29 is 9.47 Å². The molecule has 2 unspecified atom stereocenters. The van der Waals surface area contributed by atoms with Crippen LogP contribution in [0.4, 0.5) is 0 Å². The minimum Gasteiger partial charge on any atom is -0.375 e. The van der Waals surface area contributed by atoms with E-state index in [0.29, 0.717) is 12.2 Å². The summed E-state index contributed by atoms with van der Waals surface area (Å²) in [6, 6.07) is 0. The molecule has 1 rings (SSSR count). The highest BCUT2D eigenvalue weighted by Gasteiger charge is 2.23. The Morgan fingerprint density at radius 2 is 2.31 bits per heavy atom. The van der Waals surface area contributed by atoms with Crippen molar-refractivity contribution >= 4 is 0 Å². The van der Waals surface area contributed by atoms with Gasteiger partial charge in [-0.1, -0.05) is 33.1 Å². The summed E-state index contributed by atoms with van der Waals surface area (Å²) in [7, 11) is 0. The molecule has 0 spiro atoms. The molecule has 77 valence electrons. The number of hydrogen-bond donors (Lipinski definition) is 0. The van der Waals surface area contributed by atoms with E-state index in [1.807, 2.05) is 0 Å². The molecule has 1 saturated heterocycles. The largest absolute Gasteiger partial charge is 0.375 e. The molecule has 13 heavy (non-hydrogen) atoms. The van der Waals surface area contributed by atoms with E-state index in [0.717, 1.165) is 26.1 Å². The first-order valence-electron chi connectivity index (χ1n) is 5.39. The second-order valence-corrected chi connectivity index (χ2v) is 3.70. The molecule has 1 aliphatic rings. The van der Waals surface area contributed by atoms with Crippen LogP contribution >= 0.6 is 0 Å². The van der Waals surface area contributed by atoms with Gasteiger partial charge < -0.3 is 9.47 Å². The van der Waals surface area contributed by atoms with Gasteiger partial charge in [0.25, 0.3) is 0 Å². The van der Waals surface area contributed by atoms with Crippen molar-refractivity contribution in [1.29, 1.82) is 0 Å². The maximum Gasteiger partial charge on any atom is 0.104 e. The van der Waals surface area contributed by atoms with E-state index in [1.165, 1.54) is 19.3 Å². The average molecular weight is 185 g/mol. The quantitative estimate of drug-likeness (QED) is 0.428. The number of ether oxygens (including phenoxy) is 2. The summed E-state index contributed by atoms with van der Waals surface area (Å²) >= 11 is 0. The van der Waals surface area contributed by atoms with Crippen LogP contribution in [0.15, 0.2) is 0 Å². The Kier molecular flexibility index (Phi) is 5.40. The van der Waals surface area contributed by atoms with E-state index in [4.69, 9.17) is 9.47 Å². The molecule has 0 aromatic heterocycles. The smallest absolute Gasteiger partial charge is 0.104 e. The van der Waals surface area contributed by atoms with E-state index in [-0.39, 0.29) is 0 Å². The maximum absolute atomic E-state index is 5.67. The summed E-state index contributed by atoms with van der Waals surface area (Å²) in [4.78, 5) is 0. The molecule has 0 N–H and O–H groups in total. The fourth-order valence-electron chi connectivity index (χ4n) is 1.34. The van der Waals surface area contributed by atoms with Crippen LogP contribution in [0.2, 0.25) is 0 Å². The molecule has 2 nitrogen and oxygen atoms in total. The molecule has 1 radical (unpaired) electrons. The summed E-state index contributed by atoms with van der Waals surface area (Å²) in [5, 5.41) is 0. The number of hydrogen-bond acceptors (Lipinski definition) is 2. The normalized spacial score (nSPS) is 23.1. The summed E-state index contributed by atoms with van der Waals surface area (Å²) in [5.74, 6) is 0. The van der Waals surface area contributed by atoms with Gasteiger partial charge in [0.15, 0.2) is 0 Å². The minimum absolute atomic E-state index is 0.357. The highest BCUT2D eigenvalue weighted by Crippen LogP contribution is 2.14. The summed E-state index contributed by atoms with van der Waals surface area (Å²) < 4.78 is 10.8. The Hall–Kier alpha value is -0.0800. The molecule has 0 bridgehead atoms. The Labute approximate surface area is 81.6 Å². The predicted octanol–water partition coefficient (Wildman–Crippen LogP) is 2.57. The van der Waals surface area contributed by atoms with Crippen molar-refractivity contribution in [3.05, 3.63) is 6.92 Å². The van der Waals surface area contributed by atoms with Crippen LogP contribution in [0, 0.1) is 6.92 Å². The van der Waals surface area contributed by atoms with Gasteiger partial charge >= 0.3 is 0 Å². The van der Waals surface area contributed by atoms with Gasteiger partial charge in [-0.2, -0.15) is 0 Å². The Balaban J connectivity index is 1.95. The van der Waals surface area contributed by atoms with Crippen molar-refractivity contribution in [1.82, 2.24) is 0 Å². The predicted molar refractivity (Wildman–Crippen MR) is 53.6 cm³/mol. The zero-order valence-electron chi connectivity index (χ0n) is 8.63. The third-order valence-corrected chi connectivity index (χ3v) is 2.37. The van der Waals surface area contributed by atoms with Crippen molar-refractivity contribution in [2.24, 2.45) is 0 Å². The number of rotatable bonds is 8. The monoisotopic (exact) mass is 185 g/mol. The van der Waals surface area contributed by atoms with Gasteiger partial charge in [-0.15, -0.1) is 0 Å². The van der Waals surface area contributed by atoms with E-state index >= 15 is 0 Å². The van der Waals surface area contributed by atoms with Gasteiger partial charge in [0.1, 0.15) is 6.10 Å². The number of epoxide rings is 1. The molecule has 2 atom stereocenters. The molecule has 0 amide bonds. The van der Waals surface area contributed by atoms with Gasteiger partial charge in [0.2, 0.25) is 0 Å². The van der Waals surface area contributed by atoms with Gasteiger partial charge in [0.05, 0.1) is 19.3 Å². The van der Waals surface area contributed by atoms with Gasteiger partial charge in [-0.05, 0) is 12.8 Å². The fourth-order valence-corrected chi connectivity index (χ4v) is 1.34. The lowest BCUT2D eigenvalue weighted by molar-refractivity contribution is 0.0373. The molecule has 0 aromatic carbocycles. The van der Waals surface area contributed by atoms with Crippen molar-refractivity contribution in [3.8, 4) is 0 Å². The van der Waals surface area contributed by atoms with Crippen molar-refractivity contribution in [2.45, 2.75) is 51.2 Å². The van der Waals surface area contributed by atoms with Gasteiger partial charge in [0, 0.05) is 0 Å². The molecule has 2 heteroatoms. The summed E-state index contributed by atoms with van der Waals surface area (Å²) in [6.45, 7) is 7.78. The van der Waals surface area contributed by atoms with Crippen LogP contribution < -0.4 is 0 Å². The van der Waals surface area contributed by atoms with E-state index in [2.05, 4.69) is 13.8 Å². The molecule has 0 aliphatic carbocycles. The Morgan fingerprint density at radius 3 is 2.85 bits per heavy atom. The average Bonchev–Trinajstić information content (AvgIpc) is 2.94. The molecular weight excluding hydrogens is 164 g/mol. The molecule has 0 saturated carbocycles. The van der Waals surface area contributed by atoms with Crippen molar-refractivity contribution in [2.75, 3.05) is 13.2 Å². The Bertz CT molecular complexity index is 121. The third kappa shape index (κ3) is 5.27. The van der Waals surface area contributed by atoms with Crippen LogP contribution in [0.1, 0.15) is 39.0 Å². The van der Waals surface area contributed by atoms with Crippen LogP contribution in [0.5, 0.6) is 0 Å². The molecular formula is C11H21O2. The fraction of sp³-hybridized carbons (Fsp3) is 0.909. The standard InChI is InChI=1S/C11H21O2/c1-3-5-6-7-10(4-2)12-8-11-9-13-11/h10-11H,2-9H2,1H3. The lowest BCUT2D eigenvalue weighted by Gasteiger charge is -2.14. The van der Waals surface area contributed by atoms with Crippen LogP contribution in [-0.2, 0) is 9.47 Å². The maximum atomic E-state index is 5.67. The third-order valence-electron chi connectivity index (χ3n) is 2.37. The lowest BCUT2D eigenvalue weighted by atomic mass is 10.1. The first-order valence-corrected chi connectivity index (χ1v) is 5.39. The van der Waals surface area contributed by atoms with Crippen LogP contribution in [-0.4, -0.2) is 25.4 Å². The van der Waals surface area contributed by atoms with Crippen LogP contribution in [0.25, 0.3) is 0 Å². The molecule has 1 aliphatic heterocycles. The minimum atomic E-state index is 0.357. The Morgan fingerprint density at radius 1 is 1.54 bits per heavy atom. The zero-order chi connectivity index (χ0) is 9.52. The van der Waals surface area contributed by atoms with E-state index < -0.39 is 0 Å². The number of unbranched alkanes of at least 4 members (excludes halogenated alkanes) is 2. The van der Waals surface area contributed by atoms with Gasteiger partial charge in [-0.25, -0.2) is 0 Å². The van der Waals surface area contributed by atoms with E-state index in [9.17, 15) is 0 Å². The van der Waals surface area contributed by atoms with E-state index in [1.54, 1.807) is 0 Å². The zero-order valence-corrected chi connectivity index (χ0v) is 8.63. The summed E-state index contributed by atoms with van der Waals surface area (Å²) in [6.07, 6.45) is 6.63. The molecule has 0 aromatic rings. The molecule has 1 fully saturated rings. The summed E-state index contributed by atoms with van der Waals surface area (Å²) in [5.41, 5.74) is 0. The lowest BCUT2D eigenvalue weighted by Crippen LogP contribution is -2.15. The first kappa shape index (κ1) is 11.0. The van der Waals surface area contributed by atoms with Crippen LogP contribution in [0.3, 0.4) is 0 Å². The topological polar surface area (TPSA) is 21.8 Å². The second kappa shape index (κ2) is 6.39. The van der Waals surface area contributed by atoms with Crippen molar-refractivity contribution in [3.63, 3.8) is 0 Å².